The first-order valence-electron chi connectivity index (χ1n) is 9.72. The molecule has 2 saturated heterocycles. The summed E-state index contributed by atoms with van der Waals surface area (Å²) in [7, 11) is 0. The first-order valence-corrected chi connectivity index (χ1v) is 9.72. The van der Waals surface area contributed by atoms with Crippen molar-refractivity contribution in [3.05, 3.63) is 28.1 Å². The molecule has 0 bridgehead atoms. The summed E-state index contributed by atoms with van der Waals surface area (Å²) in [5.41, 5.74) is 4.02. The molecule has 5 rings (SSSR count). The van der Waals surface area contributed by atoms with Crippen molar-refractivity contribution < 1.29 is 28.2 Å². The second-order valence-corrected chi connectivity index (χ2v) is 7.82. The number of benzene rings is 1. The van der Waals surface area contributed by atoms with E-state index < -0.39 is 40.0 Å². The fraction of sp³-hybridized carbons (Fsp3) is 0.474. The lowest BCUT2D eigenvalue weighted by Gasteiger charge is -2.25. The van der Waals surface area contributed by atoms with Crippen LogP contribution in [0.5, 0.6) is 5.75 Å². The molecule has 1 aliphatic carbocycles. The van der Waals surface area contributed by atoms with Gasteiger partial charge in [0.2, 0.25) is 5.43 Å². The van der Waals surface area contributed by atoms with E-state index >= 15 is 8.78 Å². The van der Waals surface area contributed by atoms with E-state index in [9.17, 15) is 9.59 Å². The number of pyridine rings is 1. The zero-order valence-electron chi connectivity index (χ0n) is 15.9. The van der Waals surface area contributed by atoms with Gasteiger partial charge in [-0.3, -0.25) is 4.79 Å². The van der Waals surface area contributed by atoms with Crippen molar-refractivity contribution in [2.75, 3.05) is 36.9 Å². The van der Waals surface area contributed by atoms with E-state index in [1.807, 2.05) is 0 Å². The van der Waals surface area contributed by atoms with Crippen LogP contribution in [0, 0.1) is 11.6 Å². The molecule has 1 aromatic heterocycles. The van der Waals surface area contributed by atoms with Gasteiger partial charge < -0.3 is 35.1 Å². The van der Waals surface area contributed by atoms with Gasteiger partial charge >= 0.3 is 6.16 Å². The number of nitrogen functional groups attached to an aromatic ring is 1. The summed E-state index contributed by atoms with van der Waals surface area (Å²) in [6, 6.07) is -0.214. The second-order valence-electron chi connectivity index (χ2n) is 7.82. The van der Waals surface area contributed by atoms with Crippen LogP contribution in [0.1, 0.15) is 18.9 Å². The molecule has 0 unspecified atom stereocenters. The number of carbonyl (C=O) groups is 1. The number of halogens is 2. The number of ether oxygens (including phenoxy) is 2. The first-order chi connectivity index (χ1) is 14.4. The Balaban J connectivity index is 1.72. The fourth-order valence-corrected chi connectivity index (χ4v) is 4.39. The SMILES string of the molecule is Nc1c(F)c(N2C[C@@H]3OCCN[C@@H]3C2)c(F)c2c1c(=O)c(OC(=O)O)cn2C1CC1. The van der Waals surface area contributed by atoms with Crippen molar-refractivity contribution in [1.29, 1.82) is 0 Å². The Morgan fingerprint density at radius 2 is 2.07 bits per heavy atom. The standard InChI is InChI=1S/C19H20F2N4O5/c20-13-15(22)12-16(25(8-1-2-8)7-11(18(12)26)30-19(27)28)14(21)17(13)24-5-9-10(6-24)29-4-3-23-9/h7-10,23H,1-6,22H2,(H,27,28)/t9-,10+/m1/s1. The number of nitrogens with zero attached hydrogens (tertiary/aromatic N) is 2. The van der Waals surface area contributed by atoms with Crippen LogP contribution < -0.4 is 26.1 Å². The van der Waals surface area contributed by atoms with Gasteiger partial charge in [0.25, 0.3) is 0 Å². The Morgan fingerprint density at radius 3 is 2.73 bits per heavy atom. The fourth-order valence-electron chi connectivity index (χ4n) is 4.39. The van der Waals surface area contributed by atoms with Crippen molar-refractivity contribution >= 4 is 28.4 Å². The molecule has 3 aliphatic rings. The predicted molar refractivity (Wildman–Crippen MR) is 103 cm³/mol. The lowest BCUT2D eigenvalue weighted by molar-refractivity contribution is 0.0212. The van der Waals surface area contributed by atoms with E-state index in [4.69, 9.17) is 15.6 Å². The molecule has 9 nitrogen and oxygen atoms in total. The van der Waals surface area contributed by atoms with E-state index in [0.29, 0.717) is 32.5 Å². The summed E-state index contributed by atoms with van der Waals surface area (Å²) >= 11 is 0. The Bertz CT molecular complexity index is 1100. The van der Waals surface area contributed by atoms with Gasteiger partial charge in [-0.2, -0.15) is 0 Å². The van der Waals surface area contributed by atoms with Gasteiger partial charge in [0.15, 0.2) is 17.4 Å². The molecular weight excluding hydrogens is 402 g/mol. The number of morpholine rings is 1. The number of fused-ring (bicyclic) bond motifs is 2. The smallest absolute Gasteiger partial charge is 0.449 e. The van der Waals surface area contributed by atoms with Crippen LogP contribution in [-0.2, 0) is 4.74 Å². The molecule has 4 N–H and O–H groups in total. The minimum Gasteiger partial charge on any atom is -0.449 e. The molecule has 2 atom stereocenters. The van der Waals surface area contributed by atoms with Crippen LogP contribution >= 0.6 is 0 Å². The van der Waals surface area contributed by atoms with E-state index in [-0.39, 0.29) is 35.9 Å². The molecule has 11 heteroatoms. The van der Waals surface area contributed by atoms with Crippen LogP contribution in [0.4, 0.5) is 25.0 Å². The molecule has 30 heavy (non-hydrogen) atoms. The Kier molecular flexibility index (Phi) is 4.33. The summed E-state index contributed by atoms with van der Waals surface area (Å²) in [6.45, 7) is 1.79. The van der Waals surface area contributed by atoms with Gasteiger partial charge in [-0.05, 0) is 12.8 Å². The third-order valence-corrected chi connectivity index (χ3v) is 5.89. The van der Waals surface area contributed by atoms with Gasteiger partial charge in [-0.25, -0.2) is 13.6 Å². The zero-order valence-corrected chi connectivity index (χ0v) is 15.9. The molecule has 3 fully saturated rings. The number of rotatable bonds is 3. The summed E-state index contributed by atoms with van der Waals surface area (Å²) < 4.78 is 42.7. The summed E-state index contributed by atoms with van der Waals surface area (Å²) in [6.07, 6.45) is 0.683. The number of aromatic nitrogens is 1. The van der Waals surface area contributed by atoms with Gasteiger partial charge in [0, 0.05) is 25.7 Å². The van der Waals surface area contributed by atoms with Crippen LogP contribution in [0.2, 0.25) is 0 Å². The average Bonchev–Trinajstić information content (AvgIpc) is 3.46. The molecule has 2 aliphatic heterocycles. The minimum absolute atomic E-state index is 0.0635. The van der Waals surface area contributed by atoms with Crippen molar-refractivity contribution in [2.24, 2.45) is 0 Å². The summed E-state index contributed by atoms with van der Waals surface area (Å²) in [4.78, 5) is 25.3. The van der Waals surface area contributed by atoms with E-state index in [0.717, 1.165) is 6.20 Å². The third-order valence-electron chi connectivity index (χ3n) is 5.89. The van der Waals surface area contributed by atoms with Crippen molar-refractivity contribution in [3.8, 4) is 5.75 Å². The van der Waals surface area contributed by atoms with Gasteiger partial charge in [0.05, 0.1) is 41.5 Å². The van der Waals surface area contributed by atoms with Gasteiger partial charge in [-0.1, -0.05) is 0 Å². The van der Waals surface area contributed by atoms with Crippen LogP contribution in [0.15, 0.2) is 11.0 Å². The number of hydrogen-bond acceptors (Lipinski definition) is 7. The predicted octanol–water partition coefficient (Wildman–Crippen LogP) is 1.43. The maximum Gasteiger partial charge on any atom is 0.511 e. The van der Waals surface area contributed by atoms with Crippen molar-refractivity contribution in [2.45, 2.75) is 31.0 Å². The lowest BCUT2D eigenvalue weighted by atomic mass is 10.1. The highest BCUT2D eigenvalue weighted by Crippen LogP contribution is 2.43. The molecule has 3 heterocycles. The third kappa shape index (κ3) is 2.88. The molecular formula is C19H20F2N4O5. The van der Waals surface area contributed by atoms with Gasteiger partial charge in [-0.15, -0.1) is 0 Å². The minimum atomic E-state index is -1.70. The summed E-state index contributed by atoms with van der Waals surface area (Å²) in [5, 5.41) is 11.8. The number of nitrogens with two attached hydrogens (primary N) is 1. The zero-order chi connectivity index (χ0) is 21.2. The highest BCUT2D eigenvalue weighted by Gasteiger charge is 2.39. The average molecular weight is 422 g/mol. The molecule has 0 amide bonds. The lowest BCUT2D eigenvalue weighted by Crippen LogP contribution is -2.47. The van der Waals surface area contributed by atoms with E-state index in [1.54, 1.807) is 0 Å². The second kappa shape index (κ2) is 6.81. The number of carboxylic acid groups (broad SMARTS) is 1. The number of anilines is 2. The largest absolute Gasteiger partial charge is 0.511 e. The van der Waals surface area contributed by atoms with Crippen LogP contribution in [0.3, 0.4) is 0 Å². The normalized spacial score (nSPS) is 23.6. The maximum absolute atomic E-state index is 15.7. The molecule has 160 valence electrons. The highest BCUT2D eigenvalue weighted by molar-refractivity contribution is 5.96. The number of hydrogen-bond donors (Lipinski definition) is 3. The Morgan fingerprint density at radius 1 is 1.30 bits per heavy atom. The molecule has 1 saturated carbocycles. The van der Waals surface area contributed by atoms with Gasteiger partial charge in [0.1, 0.15) is 5.69 Å². The summed E-state index contributed by atoms with van der Waals surface area (Å²) in [5.74, 6) is -2.49. The van der Waals surface area contributed by atoms with E-state index in [2.05, 4.69) is 10.1 Å². The molecule has 2 aromatic rings. The molecule has 0 spiro atoms. The van der Waals surface area contributed by atoms with Crippen molar-refractivity contribution in [1.82, 2.24) is 9.88 Å². The van der Waals surface area contributed by atoms with Crippen molar-refractivity contribution in [3.63, 3.8) is 0 Å². The molecule has 0 radical (unpaired) electrons. The monoisotopic (exact) mass is 422 g/mol. The molecule has 1 aromatic carbocycles. The topological polar surface area (TPSA) is 119 Å². The van der Waals surface area contributed by atoms with Crippen LogP contribution in [0.25, 0.3) is 10.9 Å². The van der Waals surface area contributed by atoms with Crippen LogP contribution in [-0.4, -0.2) is 54.2 Å². The Labute approximate surface area is 168 Å². The highest BCUT2D eigenvalue weighted by atomic mass is 19.1. The quantitative estimate of drug-likeness (QED) is 0.502. The maximum atomic E-state index is 15.7. The number of nitrogens with one attached hydrogen (secondary N) is 1. The van der Waals surface area contributed by atoms with E-state index in [1.165, 1.54) is 9.47 Å². The Hall–Kier alpha value is -2.92. The first kappa shape index (κ1) is 19.1.